The molecule has 3 aromatic rings. The lowest BCUT2D eigenvalue weighted by Crippen LogP contribution is -2.52. The van der Waals surface area contributed by atoms with Gasteiger partial charge in [0.2, 0.25) is 5.91 Å². The van der Waals surface area contributed by atoms with Crippen molar-refractivity contribution in [1.29, 1.82) is 5.26 Å². The summed E-state index contributed by atoms with van der Waals surface area (Å²) >= 11 is 0. The number of nitrogens with zero attached hydrogens (tertiary/aromatic N) is 7. The highest BCUT2D eigenvalue weighted by Crippen LogP contribution is 2.41. The first-order chi connectivity index (χ1) is 22.5. The Balaban J connectivity index is 1.64. The Hall–Kier alpha value is -5.95. The minimum Gasteiger partial charge on any atom is -0.437 e. The van der Waals surface area contributed by atoms with Crippen molar-refractivity contribution < 1.29 is 23.9 Å². The minimum atomic E-state index is -1.13. The molecule has 3 amide bonds. The Morgan fingerprint density at radius 2 is 1.89 bits per heavy atom. The van der Waals surface area contributed by atoms with Gasteiger partial charge in [0.05, 0.1) is 30.2 Å². The van der Waals surface area contributed by atoms with Crippen molar-refractivity contribution in [3.63, 3.8) is 0 Å². The number of amidine groups is 1. The molecule has 0 fully saturated rings. The quantitative estimate of drug-likeness (QED) is 0.174. The molecule has 244 valence electrons. The van der Waals surface area contributed by atoms with E-state index in [1.807, 2.05) is 45.0 Å². The average molecular weight is 642 g/mol. The van der Waals surface area contributed by atoms with Crippen molar-refractivity contribution in [3.05, 3.63) is 53.1 Å². The van der Waals surface area contributed by atoms with Crippen molar-refractivity contribution in [2.24, 2.45) is 16.6 Å². The van der Waals surface area contributed by atoms with Gasteiger partial charge in [0.1, 0.15) is 23.4 Å². The number of aliphatic imine (C=N–C) groups is 1. The van der Waals surface area contributed by atoms with Crippen molar-refractivity contribution in [3.8, 4) is 29.5 Å². The number of nitrogens with one attached hydrogen (secondary N) is 2. The summed E-state index contributed by atoms with van der Waals surface area (Å²) in [4.78, 5) is 55.2. The third kappa shape index (κ3) is 6.84. The number of rotatable bonds is 11. The molecular weight excluding hydrogens is 606 g/mol. The Kier molecular flexibility index (Phi) is 9.38. The van der Waals surface area contributed by atoms with Gasteiger partial charge in [-0.1, -0.05) is 0 Å². The van der Waals surface area contributed by atoms with Gasteiger partial charge in [-0.3, -0.25) is 19.4 Å². The molecule has 2 aliphatic heterocycles. The second-order valence-electron chi connectivity index (χ2n) is 10.9. The standard InChI is InChI=1S/C31H35N11O5/c1-5-41(6-2)29(44)21-8-7-17(16-32)11-23(21)47-31-38-27-25(42(34)30(45)22(37-27)15-24(33)43)28(39-31)46-20-13-18(26-35-9-10-36-26)12-19(14-20)40(3)4/h7-8,11-14,22H,5-6,9-10,15,34H2,1-4H3,(H2,33,43)(H,35,36)(H,37,38,39). The molecule has 2 aromatic carbocycles. The fourth-order valence-corrected chi connectivity index (χ4v) is 5.07. The summed E-state index contributed by atoms with van der Waals surface area (Å²) in [6, 6.07) is 10.5. The van der Waals surface area contributed by atoms with Crippen LogP contribution in [-0.2, 0) is 9.59 Å². The van der Waals surface area contributed by atoms with Crippen LogP contribution in [0.3, 0.4) is 0 Å². The number of primary amides is 1. The zero-order valence-corrected chi connectivity index (χ0v) is 26.4. The molecule has 0 radical (unpaired) electrons. The molecule has 0 spiro atoms. The number of nitrogens with two attached hydrogens (primary N) is 2. The van der Waals surface area contributed by atoms with Gasteiger partial charge in [0, 0.05) is 51.0 Å². The van der Waals surface area contributed by atoms with Crippen LogP contribution in [0.1, 0.15) is 41.8 Å². The topological polar surface area (TPSA) is 217 Å². The highest BCUT2D eigenvalue weighted by Gasteiger charge is 2.37. The highest BCUT2D eigenvalue weighted by atomic mass is 16.5. The third-order valence-corrected chi connectivity index (χ3v) is 7.49. The normalized spacial score (nSPS) is 15.1. The van der Waals surface area contributed by atoms with Crippen LogP contribution >= 0.6 is 0 Å². The summed E-state index contributed by atoms with van der Waals surface area (Å²) in [5.74, 6) is 5.43. The number of carbonyl (C=O) groups excluding carboxylic acids is 3. The van der Waals surface area contributed by atoms with Gasteiger partial charge in [-0.05, 0) is 44.2 Å². The number of hydrogen-bond acceptors (Lipinski definition) is 13. The largest absolute Gasteiger partial charge is 0.437 e. The van der Waals surface area contributed by atoms with Crippen LogP contribution in [0.15, 0.2) is 41.4 Å². The molecule has 0 saturated carbocycles. The van der Waals surface area contributed by atoms with Gasteiger partial charge in [-0.2, -0.15) is 15.2 Å². The van der Waals surface area contributed by atoms with Crippen molar-refractivity contribution >= 4 is 40.7 Å². The van der Waals surface area contributed by atoms with Gasteiger partial charge in [0.25, 0.3) is 17.7 Å². The lowest BCUT2D eigenvalue weighted by molar-refractivity contribution is -0.124. The maximum absolute atomic E-state index is 13.4. The SMILES string of the molecule is CCN(CC)C(=O)c1ccc(C#N)cc1Oc1nc2c(c(Oc3cc(C4=NCCN4)cc(N(C)C)c3)n1)N(N)C(=O)C(CC(N)=O)N2. The number of carbonyl (C=O) groups is 3. The molecular formula is C31H35N11O5. The summed E-state index contributed by atoms with van der Waals surface area (Å²) in [7, 11) is 3.75. The van der Waals surface area contributed by atoms with E-state index in [0.717, 1.165) is 16.3 Å². The molecule has 2 aliphatic rings. The first-order valence-corrected chi connectivity index (χ1v) is 14.9. The smallest absolute Gasteiger partial charge is 0.327 e. The molecule has 0 saturated heterocycles. The fourth-order valence-electron chi connectivity index (χ4n) is 5.07. The van der Waals surface area contributed by atoms with E-state index in [-0.39, 0.29) is 52.6 Å². The lowest BCUT2D eigenvalue weighted by Gasteiger charge is -2.31. The van der Waals surface area contributed by atoms with Crippen molar-refractivity contribution in [1.82, 2.24) is 20.2 Å². The second-order valence-corrected chi connectivity index (χ2v) is 10.9. The number of amides is 3. The van der Waals surface area contributed by atoms with E-state index in [4.69, 9.17) is 21.1 Å². The van der Waals surface area contributed by atoms with Crippen LogP contribution in [-0.4, -0.2) is 84.7 Å². The number of ether oxygens (including phenoxy) is 2. The van der Waals surface area contributed by atoms with Crippen LogP contribution in [0.25, 0.3) is 0 Å². The third-order valence-electron chi connectivity index (χ3n) is 7.49. The summed E-state index contributed by atoms with van der Waals surface area (Å²) < 4.78 is 12.4. The minimum absolute atomic E-state index is 0.0113. The predicted octanol–water partition coefficient (Wildman–Crippen LogP) is 1.71. The Bertz CT molecular complexity index is 1800. The van der Waals surface area contributed by atoms with Gasteiger partial charge in [-0.15, -0.1) is 0 Å². The number of fused-ring (bicyclic) bond motifs is 1. The van der Waals surface area contributed by atoms with E-state index in [9.17, 15) is 19.6 Å². The first kappa shape index (κ1) is 32.4. The second kappa shape index (κ2) is 13.6. The first-order valence-electron chi connectivity index (χ1n) is 14.9. The molecule has 1 aromatic heterocycles. The van der Waals surface area contributed by atoms with E-state index in [1.165, 1.54) is 18.2 Å². The Morgan fingerprint density at radius 1 is 1.13 bits per heavy atom. The molecule has 47 heavy (non-hydrogen) atoms. The zero-order chi connectivity index (χ0) is 33.8. The monoisotopic (exact) mass is 641 g/mol. The number of hydrogen-bond donors (Lipinski definition) is 4. The van der Waals surface area contributed by atoms with Gasteiger partial charge >= 0.3 is 6.01 Å². The van der Waals surface area contributed by atoms with Crippen LogP contribution in [0, 0.1) is 11.3 Å². The Morgan fingerprint density at radius 3 is 2.53 bits per heavy atom. The van der Waals surface area contributed by atoms with Crippen LogP contribution < -0.4 is 41.6 Å². The average Bonchev–Trinajstić information content (AvgIpc) is 3.59. The van der Waals surface area contributed by atoms with E-state index in [0.29, 0.717) is 37.8 Å². The number of anilines is 3. The fraction of sp³-hybridized carbons (Fsp3) is 0.323. The molecule has 5 rings (SSSR count). The van der Waals surface area contributed by atoms with Crippen LogP contribution in [0.2, 0.25) is 0 Å². The molecule has 16 nitrogen and oxygen atoms in total. The van der Waals surface area contributed by atoms with E-state index in [1.54, 1.807) is 17.0 Å². The number of benzene rings is 2. The van der Waals surface area contributed by atoms with Gasteiger partial charge in [0.15, 0.2) is 11.5 Å². The molecule has 16 heteroatoms. The van der Waals surface area contributed by atoms with E-state index in [2.05, 4.69) is 25.6 Å². The number of aromatic nitrogens is 2. The highest BCUT2D eigenvalue weighted by molar-refractivity contribution is 6.06. The maximum Gasteiger partial charge on any atom is 0.327 e. The van der Waals surface area contributed by atoms with Gasteiger partial charge in [-0.25, -0.2) is 10.9 Å². The number of hydrazine groups is 1. The van der Waals surface area contributed by atoms with Gasteiger partial charge < -0.3 is 35.6 Å². The molecule has 1 atom stereocenters. The van der Waals surface area contributed by atoms with Crippen LogP contribution in [0.4, 0.5) is 17.2 Å². The molecule has 1 unspecified atom stereocenters. The van der Waals surface area contributed by atoms with E-state index < -0.39 is 17.9 Å². The van der Waals surface area contributed by atoms with E-state index >= 15 is 0 Å². The number of nitriles is 1. The molecule has 3 heterocycles. The summed E-state index contributed by atoms with van der Waals surface area (Å²) in [6.45, 7) is 5.93. The van der Waals surface area contributed by atoms with Crippen molar-refractivity contribution in [2.45, 2.75) is 26.3 Å². The molecule has 0 aliphatic carbocycles. The molecule has 0 bridgehead atoms. The summed E-state index contributed by atoms with van der Waals surface area (Å²) in [5.41, 5.74) is 7.33. The Labute approximate surface area is 270 Å². The van der Waals surface area contributed by atoms with Crippen molar-refractivity contribution in [2.75, 3.05) is 55.5 Å². The van der Waals surface area contributed by atoms with Crippen LogP contribution in [0.5, 0.6) is 23.4 Å². The summed E-state index contributed by atoms with van der Waals surface area (Å²) in [5, 5.41) is 16.5. The summed E-state index contributed by atoms with van der Waals surface area (Å²) in [6.07, 6.45) is -0.363. The zero-order valence-electron chi connectivity index (χ0n) is 26.4. The maximum atomic E-state index is 13.4. The predicted molar refractivity (Wildman–Crippen MR) is 174 cm³/mol. The molecule has 6 N–H and O–H groups in total. The lowest BCUT2D eigenvalue weighted by atomic mass is 10.1.